The topological polar surface area (TPSA) is 47.2 Å². The molecular formula is C18H31N3O2+2. The normalized spacial score (nSPS) is 22.4. The molecule has 1 saturated heterocycles. The number of benzene rings is 1. The number of quaternary nitrogens is 2. The fraction of sp³-hybridized carbons (Fsp3) is 0.611. The monoisotopic (exact) mass is 321 g/mol. The Hall–Kier alpha value is -1.59. The van der Waals surface area contributed by atoms with Crippen LogP contribution in [-0.4, -0.2) is 51.8 Å². The van der Waals surface area contributed by atoms with Crippen molar-refractivity contribution < 1.29 is 19.3 Å². The van der Waals surface area contributed by atoms with Crippen LogP contribution < -0.4 is 19.9 Å². The van der Waals surface area contributed by atoms with Crippen LogP contribution in [0.1, 0.15) is 25.8 Å². The van der Waals surface area contributed by atoms with Crippen molar-refractivity contribution in [2.45, 2.75) is 32.9 Å². The second-order valence-corrected chi connectivity index (χ2v) is 6.58. The summed E-state index contributed by atoms with van der Waals surface area (Å²) in [5.41, 5.74) is 1.35. The molecule has 5 heteroatoms. The number of carbonyl (C=O) groups is 1. The number of hydrogen-bond donors (Lipinski definition) is 3. The van der Waals surface area contributed by atoms with Crippen molar-refractivity contribution in [3.8, 4) is 5.75 Å². The molecule has 0 spiro atoms. The fourth-order valence-corrected chi connectivity index (χ4v) is 3.00. The molecule has 1 atom stereocenters. The number of piperazine rings is 1. The summed E-state index contributed by atoms with van der Waals surface area (Å²) in [7, 11) is 1.69. The van der Waals surface area contributed by atoms with E-state index in [2.05, 4.69) is 31.3 Å². The molecule has 1 aromatic carbocycles. The van der Waals surface area contributed by atoms with E-state index in [1.54, 1.807) is 12.0 Å². The summed E-state index contributed by atoms with van der Waals surface area (Å²) >= 11 is 0. The van der Waals surface area contributed by atoms with Gasteiger partial charge in [0.15, 0.2) is 6.54 Å². The Morgan fingerprint density at radius 1 is 1.17 bits per heavy atom. The molecule has 1 fully saturated rings. The highest BCUT2D eigenvalue weighted by Crippen LogP contribution is 2.10. The molecule has 5 nitrogen and oxygen atoms in total. The third kappa shape index (κ3) is 5.84. The predicted octanol–water partition coefficient (Wildman–Crippen LogP) is -1.11. The lowest BCUT2D eigenvalue weighted by molar-refractivity contribution is -1.02. The molecule has 128 valence electrons. The first-order valence-corrected chi connectivity index (χ1v) is 8.70. The molecule has 1 aromatic rings. The van der Waals surface area contributed by atoms with Gasteiger partial charge in [-0.15, -0.1) is 0 Å². The number of rotatable bonds is 7. The van der Waals surface area contributed by atoms with Crippen LogP contribution >= 0.6 is 0 Å². The molecule has 0 aromatic heterocycles. The highest BCUT2D eigenvalue weighted by molar-refractivity contribution is 5.77. The highest BCUT2D eigenvalue weighted by Gasteiger charge is 2.25. The fourth-order valence-electron chi connectivity index (χ4n) is 3.00. The lowest BCUT2D eigenvalue weighted by Crippen LogP contribution is -3.28. The maximum atomic E-state index is 12.0. The first-order valence-electron chi connectivity index (χ1n) is 8.70. The second-order valence-electron chi connectivity index (χ2n) is 6.58. The molecule has 0 bridgehead atoms. The van der Waals surface area contributed by atoms with Gasteiger partial charge >= 0.3 is 0 Å². The summed E-state index contributed by atoms with van der Waals surface area (Å²) in [6.45, 7) is 10.2. The van der Waals surface area contributed by atoms with Gasteiger partial charge in [-0.05, 0) is 37.6 Å². The first-order chi connectivity index (χ1) is 11.1. The van der Waals surface area contributed by atoms with Gasteiger partial charge in [-0.25, -0.2) is 0 Å². The van der Waals surface area contributed by atoms with Crippen LogP contribution in [-0.2, 0) is 11.3 Å². The summed E-state index contributed by atoms with van der Waals surface area (Å²) in [6.07, 6.45) is 0.987. The smallest absolute Gasteiger partial charge is 0.275 e. The van der Waals surface area contributed by atoms with Crippen molar-refractivity contribution in [1.29, 1.82) is 0 Å². The van der Waals surface area contributed by atoms with Gasteiger partial charge in [-0.3, -0.25) is 4.79 Å². The van der Waals surface area contributed by atoms with E-state index in [9.17, 15) is 4.79 Å². The van der Waals surface area contributed by atoms with E-state index < -0.39 is 0 Å². The summed E-state index contributed by atoms with van der Waals surface area (Å²) in [6, 6.07) is 8.62. The van der Waals surface area contributed by atoms with Crippen molar-refractivity contribution in [3.05, 3.63) is 29.8 Å². The van der Waals surface area contributed by atoms with Crippen molar-refractivity contribution in [1.82, 2.24) is 5.32 Å². The van der Waals surface area contributed by atoms with E-state index in [1.165, 1.54) is 10.5 Å². The average Bonchev–Trinajstić information content (AvgIpc) is 2.57. The minimum atomic E-state index is 0.188. The van der Waals surface area contributed by atoms with Crippen LogP contribution in [0.15, 0.2) is 24.3 Å². The van der Waals surface area contributed by atoms with E-state index in [0.717, 1.165) is 44.9 Å². The van der Waals surface area contributed by atoms with Gasteiger partial charge in [0.2, 0.25) is 0 Å². The molecule has 1 aliphatic rings. The zero-order chi connectivity index (χ0) is 16.7. The second kappa shape index (κ2) is 8.89. The Balaban J connectivity index is 1.72. The average molecular weight is 321 g/mol. The van der Waals surface area contributed by atoms with Crippen molar-refractivity contribution in [2.24, 2.45) is 0 Å². The Morgan fingerprint density at radius 2 is 1.78 bits per heavy atom. The van der Waals surface area contributed by atoms with Crippen LogP contribution in [0.3, 0.4) is 0 Å². The van der Waals surface area contributed by atoms with Crippen molar-refractivity contribution in [3.63, 3.8) is 0 Å². The number of carbonyl (C=O) groups excluding carboxylic acids is 1. The van der Waals surface area contributed by atoms with Gasteiger partial charge in [-0.1, -0.05) is 6.92 Å². The molecule has 0 unspecified atom stereocenters. The molecule has 0 aliphatic carbocycles. The van der Waals surface area contributed by atoms with E-state index in [-0.39, 0.29) is 11.9 Å². The Bertz CT molecular complexity index is 482. The maximum Gasteiger partial charge on any atom is 0.275 e. The van der Waals surface area contributed by atoms with Gasteiger partial charge < -0.3 is 19.9 Å². The molecule has 23 heavy (non-hydrogen) atoms. The minimum absolute atomic E-state index is 0.188. The van der Waals surface area contributed by atoms with Crippen LogP contribution in [0.2, 0.25) is 0 Å². The summed E-state index contributed by atoms with van der Waals surface area (Å²) in [5, 5.41) is 3.06. The standard InChI is InChI=1S/C18H29N3O2/c1-4-15(2)19-18(22)14-21-11-9-20(10-12-21)13-16-5-7-17(23-3)8-6-16/h5-8,15H,4,9-14H2,1-3H3,(H,19,22)/p+2/t15-/m1/s1. The zero-order valence-electron chi connectivity index (χ0n) is 14.7. The summed E-state index contributed by atoms with van der Waals surface area (Å²) in [4.78, 5) is 15.0. The lowest BCUT2D eigenvalue weighted by atomic mass is 10.2. The van der Waals surface area contributed by atoms with Crippen LogP contribution in [0.25, 0.3) is 0 Å². The molecular weight excluding hydrogens is 290 g/mol. The summed E-state index contributed by atoms with van der Waals surface area (Å²) in [5.74, 6) is 1.10. The van der Waals surface area contributed by atoms with E-state index in [4.69, 9.17) is 4.74 Å². The largest absolute Gasteiger partial charge is 0.497 e. The number of amides is 1. The zero-order valence-corrected chi connectivity index (χ0v) is 14.7. The Morgan fingerprint density at radius 3 is 2.35 bits per heavy atom. The molecule has 1 aliphatic heterocycles. The van der Waals surface area contributed by atoms with Crippen LogP contribution in [0.5, 0.6) is 5.75 Å². The predicted molar refractivity (Wildman–Crippen MR) is 90.9 cm³/mol. The Kier molecular flexibility index (Phi) is 6.86. The molecule has 1 heterocycles. The number of hydrogen-bond acceptors (Lipinski definition) is 2. The number of nitrogens with one attached hydrogen (secondary N) is 3. The van der Waals surface area contributed by atoms with Crippen molar-refractivity contribution in [2.75, 3.05) is 39.8 Å². The van der Waals surface area contributed by atoms with Gasteiger partial charge in [0, 0.05) is 11.6 Å². The maximum absolute atomic E-state index is 12.0. The van der Waals surface area contributed by atoms with E-state index in [0.29, 0.717) is 6.54 Å². The minimum Gasteiger partial charge on any atom is -0.497 e. The SMILES string of the molecule is CC[C@@H](C)NC(=O)C[NH+]1CC[NH+](Cc2ccc(OC)cc2)CC1. The van der Waals surface area contributed by atoms with Crippen LogP contribution in [0, 0.1) is 0 Å². The molecule has 1 amide bonds. The lowest BCUT2D eigenvalue weighted by Gasteiger charge is -2.29. The van der Waals surface area contributed by atoms with Gasteiger partial charge in [0.05, 0.1) is 7.11 Å². The van der Waals surface area contributed by atoms with Crippen molar-refractivity contribution >= 4 is 5.91 Å². The third-order valence-electron chi connectivity index (χ3n) is 4.71. The quantitative estimate of drug-likeness (QED) is 0.597. The highest BCUT2D eigenvalue weighted by atomic mass is 16.5. The number of ether oxygens (including phenoxy) is 1. The Labute approximate surface area is 139 Å². The van der Waals surface area contributed by atoms with Gasteiger partial charge in [0.1, 0.15) is 38.5 Å². The van der Waals surface area contributed by atoms with E-state index in [1.807, 2.05) is 12.1 Å². The third-order valence-corrected chi connectivity index (χ3v) is 4.71. The van der Waals surface area contributed by atoms with E-state index >= 15 is 0 Å². The van der Waals surface area contributed by atoms with Crippen LogP contribution in [0.4, 0.5) is 0 Å². The molecule has 0 saturated carbocycles. The van der Waals surface area contributed by atoms with Gasteiger partial charge in [0.25, 0.3) is 5.91 Å². The number of methoxy groups -OCH3 is 1. The van der Waals surface area contributed by atoms with Gasteiger partial charge in [-0.2, -0.15) is 0 Å². The molecule has 3 N–H and O–H groups in total. The molecule has 0 radical (unpaired) electrons. The summed E-state index contributed by atoms with van der Waals surface area (Å²) < 4.78 is 5.20. The molecule has 2 rings (SSSR count). The first kappa shape index (κ1) is 17.8.